The molecule has 3 N–H and O–H groups in total. The van der Waals surface area contributed by atoms with E-state index in [-0.39, 0.29) is 17.9 Å². The summed E-state index contributed by atoms with van der Waals surface area (Å²) in [5, 5.41) is 18.4. The second-order valence-electron chi connectivity index (χ2n) is 6.54. The van der Waals surface area contributed by atoms with E-state index in [1.807, 2.05) is 6.92 Å². The van der Waals surface area contributed by atoms with Crippen LogP contribution in [0.15, 0.2) is 4.34 Å². The van der Waals surface area contributed by atoms with Gasteiger partial charge in [0, 0.05) is 5.75 Å². The van der Waals surface area contributed by atoms with E-state index in [0.29, 0.717) is 28.3 Å². The summed E-state index contributed by atoms with van der Waals surface area (Å²) < 4.78 is 0.921. The third-order valence-corrected chi connectivity index (χ3v) is 6.47. The molecule has 1 amide bonds. The van der Waals surface area contributed by atoms with Crippen molar-refractivity contribution in [1.82, 2.24) is 20.2 Å². The molecule has 3 rings (SSSR count). The average molecular weight is 408 g/mol. The van der Waals surface area contributed by atoms with Gasteiger partial charge in [0.2, 0.25) is 11.0 Å². The molecule has 3 heterocycles. The van der Waals surface area contributed by atoms with Gasteiger partial charge in [-0.05, 0) is 19.3 Å². The van der Waals surface area contributed by atoms with E-state index in [0.717, 1.165) is 29.4 Å². The number of amides is 1. The number of aromatic nitrogens is 4. The topological polar surface area (TPSA) is 105 Å². The van der Waals surface area contributed by atoms with E-state index in [2.05, 4.69) is 56.9 Å². The van der Waals surface area contributed by atoms with Crippen LogP contribution < -0.4 is 16.0 Å². The van der Waals surface area contributed by atoms with Crippen molar-refractivity contribution >= 4 is 51.5 Å². The highest BCUT2D eigenvalue weighted by Gasteiger charge is 2.32. The number of carbonyl (C=O) groups excluding carboxylic acids is 1. The van der Waals surface area contributed by atoms with Crippen molar-refractivity contribution in [3.8, 4) is 0 Å². The van der Waals surface area contributed by atoms with Crippen molar-refractivity contribution in [3.63, 3.8) is 0 Å². The van der Waals surface area contributed by atoms with Gasteiger partial charge in [0.05, 0.1) is 0 Å². The number of hydrogen-bond donors (Lipinski definition) is 3. The highest BCUT2D eigenvalue weighted by atomic mass is 32.2. The third kappa shape index (κ3) is 4.67. The zero-order valence-corrected chi connectivity index (χ0v) is 17.6. The first-order valence-corrected chi connectivity index (χ1v) is 11.0. The molecular weight excluding hydrogens is 382 g/mol. The number of unbranched alkanes of at least 4 members (excludes halogenated alkanes) is 1. The number of thioether (sulfide) groups is 1. The Kier molecular flexibility index (Phi) is 6.48. The van der Waals surface area contributed by atoms with Crippen LogP contribution in [0.2, 0.25) is 0 Å². The minimum absolute atomic E-state index is 0.0690. The van der Waals surface area contributed by atoms with E-state index >= 15 is 0 Å². The maximum atomic E-state index is 12.5. The summed E-state index contributed by atoms with van der Waals surface area (Å²) in [4.78, 5) is 21.4. The molecule has 2 aromatic heterocycles. The Balaban J connectivity index is 1.80. The Morgan fingerprint density at radius 2 is 2.11 bits per heavy atom. The molecule has 146 valence electrons. The van der Waals surface area contributed by atoms with Gasteiger partial charge in [-0.25, -0.2) is 9.97 Å². The van der Waals surface area contributed by atoms with Gasteiger partial charge in [-0.1, -0.05) is 56.7 Å². The summed E-state index contributed by atoms with van der Waals surface area (Å²) in [7, 11) is 0. The Morgan fingerprint density at radius 1 is 1.30 bits per heavy atom. The van der Waals surface area contributed by atoms with E-state index in [1.54, 1.807) is 11.8 Å². The summed E-state index contributed by atoms with van der Waals surface area (Å²) in [6, 6.07) is -0.298. The first-order chi connectivity index (χ1) is 13.0. The molecule has 2 aromatic rings. The molecule has 1 aliphatic rings. The maximum Gasteiger partial charge on any atom is 0.247 e. The lowest BCUT2D eigenvalue weighted by atomic mass is 9.97. The first-order valence-electron chi connectivity index (χ1n) is 9.21. The van der Waals surface area contributed by atoms with E-state index in [9.17, 15) is 4.79 Å². The summed E-state index contributed by atoms with van der Waals surface area (Å²) in [5.41, 5.74) is 0.556. The van der Waals surface area contributed by atoms with Gasteiger partial charge < -0.3 is 16.0 Å². The van der Waals surface area contributed by atoms with Crippen molar-refractivity contribution in [2.45, 2.75) is 57.3 Å². The van der Waals surface area contributed by atoms with Crippen molar-refractivity contribution in [2.24, 2.45) is 5.92 Å². The lowest BCUT2D eigenvalue weighted by Crippen LogP contribution is -2.43. The molecule has 0 saturated heterocycles. The molecule has 0 aromatic carbocycles. The molecule has 0 aliphatic carbocycles. The van der Waals surface area contributed by atoms with Crippen LogP contribution in [0.4, 0.5) is 22.5 Å². The molecule has 2 atom stereocenters. The van der Waals surface area contributed by atoms with Crippen molar-refractivity contribution in [1.29, 1.82) is 0 Å². The number of aryl methyl sites for hydroxylation is 1. The Morgan fingerprint density at radius 3 is 2.85 bits per heavy atom. The van der Waals surface area contributed by atoms with Crippen LogP contribution >= 0.6 is 23.1 Å². The molecule has 0 saturated carbocycles. The number of anilines is 4. The fourth-order valence-corrected chi connectivity index (χ4v) is 4.56. The SMILES string of the molecule is CCCCSc1nnc(Nc2nc(C)nc3c2NC(=O)C(C(C)CC)N3)s1. The minimum Gasteiger partial charge on any atom is -0.356 e. The van der Waals surface area contributed by atoms with Crippen LogP contribution in [0.5, 0.6) is 0 Å². The lowest BCUT2D eigenvalue weighted by Gasteiger charge is -2.30. The molecule has 0 radical (unpaired) electrons. The lowest BCUT2D eigenvalue weighted by molar-refractivity contribution is -0.118. The van der Waals surface area contributed by atoms with E-state index < -0.39 is 0 Å². The number of nitrogens with zero attached hydrogens (tertiary/aromatic N) is 4. The van der Waals surface area contributed by atoms with Crippen LogP contribution in [0.3, 0.4) is 0 Å². The van der Waals surface area contributed by atoms with Gasteiger partial charge in [-0.3, -0.25) is 4.79 Å². The quantitative estimate of drug-likeness (QED) is 0.445. The predicted octanol–water partition coefficient (Wildman–Crippen LogP) is 4.05. The van der Waals surface area contributed by atoms with Gasteiger partial charge in [-0.15, -0.1) is 10.2 Å². The van der Waals surface area contributed by atoms with Crippen molar-refractivity contribution < 1.29 is 4.79 Å². The third-order valence-electron chi connectivity index (χ3n) is 4.41. The standard InChI is InChI=1S/C17H25N7OS2/c1-5-7-8-26-17-24-23-16(27-17)22-14-12-13(18-10(4)19-14)20-11(9(3)6-2)15(25)21-12/h9,11H,5-8H2,1-4H3,(H,21,25)(H2,18,19,20,22,23). The van der Waals surface area contributed by atoms with Gasteiger partial charge >= 0.3 is 0 Å². The molecule has 1 aliphatic heterocycles. The molecule has 0 fully saturated rings. The zero-order chi connectivity index (χ0) is 19.4. The summed E-state index contributed by atoms with van der Waals surface area (Å²) in [6.07, 6.45) is 3.22. The fraction of sp³-hybridized carbons (Fsp3) is 0.588. The van der Waals surface area contributed by atoms with E-state index in [4.69, 9.17) is 0 Å². The predicted molar refractivity (Wildman–Crippen MR) is 111 cm³/mol. The first kappa shape index (κ1) is 19.8. The highest BCUT2D eigenvalue weighted by molar-refractivity contribution is 8.01. The molecule has 0 spiro atoms. The molecule has 8 nitrogen and oxygen atoms in total. The zero-order valence-electron chi connectivity index (χ0n) is 16.0. The Labute approximate surface area is 167 Å². The number of rotatable bonds is 8. The van der Waals surface area contributed by atoms with Crippen LogP contribution in [-0.2, 0) is 4.79 Å². The van der Waals surface area contributed by atoms with Crippen molar-refractivity contribution in [2.75, 3.05) is 21.7 Å². The number of nitrogens with one attached hydrogen (secondary N) is 3. The molecule has 10 heteroatoms. The van der Waals surface area contributed by atoms with E-state index in [1.165, 1.54) is 11.3 Å². The van der Waals surface area contributed by atoms with Crippen LogP contribution in [0, 0.1) is 12.8 Å². The van der Waals surface area contributed by atoms with Gasteiger partial charge in [0.25, 0.3) is 0 Å². The normalized spacial score (nSPS) is 17.0. The average Bonchev–Trinajstić information content (AvgIpc) is 3.08. The number of fused-ring (bicyclic) bond motifs is 1. The molecule has 2 unspecified atom stereocenters. The largest absolute Gasteiger partial charge is 0.356 e. The minimum atomic E-state index is -0.298. The molecule has 27 heavy (non-hydrogen) atoms. The van der Waals surface area contributed by atoms with Crippen LogP contribution in [0.25, 0.3) is 0 Å². The van der Waals surface area contributed by atoms with Crippen LogP contribution in [0.1, 0.15) is 45.9 Å². The Hall–Kier alpha value is -1.94. The maximum absolute atomic E-state index is 12.5. The summed E-state index contributed by atoms with van der Waals surface area (Å²) in [6.45, 7) is 8.11. The van der Waals surface area contributed by atoms with Gasteiger partial charge in [-0.2, -0.15) is 0 Å². The summed E-state index contributed by atoms with van der Waals surface area (Å²) in [5.74, 6) is 2.95. The summed E-state index contributed by atoms with van der Waals surface area (Å²) >= 11 is 3.19. The van der Waals surface area contributed by atoms with Gasteiger partial charge in [0.15, 0.2) is 16.0 Å². The second-order valence-corrected chi connectivity index (χ2v) is 8.86. The van der Waals surface area contributed by atoms with Crippen molar-refractivity contribution in [3.05, 3.63) is 5.82 Å². The molecule has 0 bridgehead atoms. The Bertz CT molecular complexity index is 811. The molecular formula is C17H25N7OS2. The number of hydrogen-bond acceptors (Lipinski definition) is 9. The second kappa shape index (κ2) is 8.83. The monoisotopic (exact) mass is 407 g/mol. The number of carbonyl (C=O) groups is 1. The smallest absolute Gasteiger partial charge is 0.247 e. The van der Waals surface area contributed by atoms with Crippen LogP contribution in [-0.4, -0.2) is 37.9 Å². The highest BCUT2D eigenvalue weighted by Crippen LogP contribution is 2.36. The fourth-order valence-electron chi connectivity index (χ4n) is 2.66. The van der Waals surface area contributed by atoms with Gasteiger partial charge in [0.1, 0.15) is 17.6 Å².